The van der Waals surface area contributed by atoms with E-state index in [2.05, 4.69) is 4.72 Å². The minimum absolute atomic E-state index is 0.224. The van der Waals surface area contributed by atoms with Crippen molar-refractivity contribution in [2.24, 2.45) is 0 Å². The van der Waals surface area contributed by atoms with E-state index in [9.17, 15) is 8.42 Å². The van der Waals surface area contributed by atoms with E-state index in [1.165, 1.54) is 0 Å². The lowest BCUT2D eigenvalue weighted by atomic mass is 10.2. The Morgan fingerprint density at radius 2 is 1.73 bits per heavy atom. The predicted octanol–water partition coefficient (Wildman–Crippen LogP) is 1.26. The third kappa shape index (κ3) is 10.2. The molecule has 0 saturated carbocycles. The molecule has 0 rings (SSSR count). The van der Waals surface area contributed by atoms with Crippen LogP contribution in [0.1, 0.15) is 45.4 Å². The maximum absolute atomic E-state index is 11.3. The average molecular weight is 237 g/mol. The monoisotopic (exact) mass is 237 g/mol. The van der Waals surface area contributed by atoms with Crippen LogP contribution in [0, 0.1) is 0 Å². The Morgan fingerprint density at radius 3 is 2.33 bits per heavy atom. The lowest BCUT2D eigenvalue weighted by Gasteiger charge is -2.05. The van der Waals surface area contributed by atoms with Crippen LogP contribution in [0.25, 0.3) is 0 Å². The zero-order valence-electron chi connectivity index (χ0n) is 9.54. The highest BCUT2D eigenvalue weighted by molar-refractivity contribution is 7.89. The number of rotatable bonds is 10. The molecule has 0 heterocycles. The van der Waals surface area contributed by atoms with Gasteiger partial charge in [0.05, 0.1) is 5.75 Å². The first-order valence-electron chi connectivity index (χ1n) is 5.70. The van der Waals surface area contributed by atoms with Gasteiger partial charge in [-0.05, 0) is 19.3 Å². The standard InChI is InChI=1S/C10H23NO3S/c1-2-3-10-15(13,14)11-8-6-4-5-7-9-12/h11-12H,2-10H2,1H3. The number of hydrogen-bond acceptors (Lipinski definition) is 3. The van der Waals surface area contributed by atoms with Crippen LogP contribution in [-0.2, 0) is 10.0 Å². The lowest BCUT2D eigenvalue weighted by molar-refractivity contribution is 0.282. The van der Waals surface area contributed by atoms with Crippen LogP contribution in [0.15, 0.2) is 0 Å². The largest absolute Gasteiger partial charge is 0.396 e. The van der Waals surface area contributed by atoms with Gasteiger partial charge in [-0.15, -0.1) is 0 Å². The van der Waals surface area contributed by atoms with Crippen LogP contribution < -0.4 is 4.72 Å². The smallest absolute Gasteiger partial charge is 0.211 e. The van der Waals surface area contributed by atoms with Crippen LogP contribution in [0.4, 0.5) is 0 Å². The van der Waals surface area contributed by atoms with E-state index >= 15 is 0 Å². The van der Waals surface area contributed by atoms with Gasteiger partial charge in [0.1, 0.15) is 0 Å². The first kappa shape index (κ1) is 14.9. The van der Waals surface area contributed by atoms with Gasteiger partial charge in [0.2, 0.25) is 10.0 Å². The molecule has 0 bridgehead atoms. The van der Waals surface area contributed by atoms with Crippen molar-refractivity contribution >= 4 is 10.0 Å². The Labute approximate surface area is 93.1 Å². The summed E-state index contributed by atoms with van der Waals surface area (Å²) in [5, 5.41) is 8.54. The first-order chi connectivity index (χ1) is 7.12. The maximum atomic E-state index is 11.3. The van der Waals surface area contributed by atoms with E-state index in [0.717, 1.165) is 38.5 Å². The molecule has 0 aromatic carbocycles. The molecule has 2 N–H and O–H groups in total. The molecule has 0 aromatic heterocycles. The number of hydrogen-bond donors (Lipinski definition) is 2. The van der Waals surface area contributed by atoms with Crippen LogP contribution >= 0.6 is 0 Å². The second-order valence-corrected chi connectivity index (χ2v) is 5.63. The fraction of sp³-hybridized carbons (Fsp3) is 1.00. The van der Waals surface area contributed by atoms with Gasteiger partial charge in [-0.3, -0.25) is 0 Å². The Balaban J connectivity index is 3.41. The maximum Gasteiger partial charge on any atom is 0.211 e. The van der Waals surface area contributed by atoms with Crippen molar-refractivity contribution in [3.05, 3.63) is 0 Å². The molecule has 0 fully saturated rings. The van der Waals surface area contributed by atoms with Crippen molar-refractivity contribution in [2.75, 3.05) is 18.9 Å². The summed E-state index contributed by atoms with van der Waals surface area (Å²) < 4.78 is 25.2. The van der Waals surface area contributed by atoms with Gasteiger partial charge in [-0.25, -0.2) is 13.1 Å². The number of sulfonamides is 1. The van der Waals surface area contributed by atoms with Crippen molar-refractivity contribution < 1.29 is 13.5 Å². The minimum atomic E-state index is -3.04. The Morgan fingerprint density at radius 1 is 1.07 bits per heavy atom. The molecule has 0 radical (unpaired) electrons. The highest BCUT2D eigenvalue weighted by atomic mass is 32.2. The zero-order valence-corrected chi connectivity index (χ0v) is 10.4. The Bertz CT molecular complexity index is 227. The molecule has 92 valence electrons. The third-order valence-electron chi connectivity index (χ3n) is 2.17. The quantitative estimate of drug-likeness (QED) is 0.562. The summed E-state index contributed by atoms with van der Waals surface area (Å²) in [5.41, 5.74) is 0. The first-order valence-corrected chi connectivity index (χ1v) is 7.36. The van der Waals surface area contributed by atoms with Gasteiger partial charge in [0, 0.05) is 13.2 Å². The number of unbranched alkanes of at least 4 members (excludes halogenated alkanes) is 4. The summed E-state index contributed by atoms with van der Waals surface area (Å²) in [4.78, 5) is 0. The molecule has 0 aliphatic rings. The molecule has 0 aliphatic heterocycles. The topological polar surface area (TPSA) is 66.4 Å². The molecule has 0 saturated heterocycles. The van der Waals surface area contributed by atoms with E-state index in [1.54, 1.807) is 0 Å². The molecule has 0 aromatic rings. The molecule has 0 amide bonds. The number of aliphatic hydroxyl groups excluding tert-OH is 1. The molecule has 0 spiro atoms. The van der Waals surface area contributed by atoms with Crippen molar-refractivity contribution in [3.8, 4) is 0 Å². The minimum Gasteiger partial charge on any atom is -0.396 e. The normalized spacial score (nSPS) is 11.9. The summed E-state index contributed by atoms with van der Waals surface area (Å²) in [6, 6.07) is 0. The van der Waals surface area contributed by atoms with Crippen molar-refractivity contribution in [1.82, 2.24) is 4.72 Å². The van der Waals surface area contributed by atoms with Gasteiger partial charge in [0.15, 0.2) is 0 Å². The van der Waals surface area contributed by atoms with Crippen LogP contribution in [0.2, 0.25) is 0 Å². The Hall–Kier alpha value is -0.130. The summed E-state index contributed by atoms with van der Waals surface area (Å²) in [6.45, 7) is 2.73. The average Bonchev–Trinajstić information content (AvgIpc) is 2.20. The molecule has 15 heavy (non-hydrogen) atoms. The van der Waals surface area contributed by atoms with Crippen LogP contribution in [-0.4, -0.2) is 32.4 Å². The van der Waals surface area contributed by atoms with Crippen molar-refractivity contribution in [3.63, 3.8) is 0 Å². The highest BCUT2D eigenvalue weighted by Gasteiger charge is 2.07. The molecule has 0 atom stereocenters. The fourth-order valence-electron chi connectivity index (χ4n) is 1.22. The van der Waals surface area contributed by atoms with Gasteiger partial charge >= 0.3 is 0 Å². The molecule has 5 heteroatoms. The molecule has 4 nitrogen and oxygen atoms in total. The van der Waals surface area contributed by atoms with Crippen LogP contribution in [0.3, 0.4) is 0 Å². The zero-order chi connectivity index (χ0) is 11.6. The molecular formula is C10H23NO3S. The molecule has 0 aliphatic carbocycles. The lowest BCUT2D eigenvalue weighted by Crippen LogP contribution is -2.27. The van der Waals surface area contributed by atoms with E-state index in [0.29, 0.717) is 6.54 Å². The Kier molecular flexibility index (Phi) is 9.04. The fourth-order valence-corrected chi connectivity index (χ4v) is 2.49. The van der Waals surface area contributed by atoms with E-state index in [1.807, 2.05) is 6.92 Å². The van der Waals surface area contributed by atoms with Gasteiger partial charge in [-0.2, -0.15) is 0 Å². The van der Waals surface area contributed by atoms with E-state index in [4.69, 9.17) is 5.11 Å². The van der Waals surface area contributed by atoms with Gasteiger partial charge in [-0.1, -0.05) is 26.2 Å². The number of aliphatic hydroxyl groups is 1. The van der Waals surface area contributed by atoms with Gasteiger partial charge in [0.25, 0.3) is 0 Å². The second-order valence-electron chi connectivity index (χ2n) is 3.70. The second kappa shape index (κ2) is 9.12. The SMILES string of the molecule is CCCCS(=O)(=O)NCCCCCCO. The van der Waals surface area contributed by atoms with Crippen LogP contribution in [0.5, 0.6) is 0 Å². The molecule has 0 unspecified atom stereocenters. The summed E-state index contributed by atoms with van der Waals surface area (Å²) in [6.07, 6.45) is 5.22. The summed E-state index contributed by atoms with van der Waals surface area (Å²) in [7, 11) is -3.04. The summed E-state index contributed by atoms with van der Waals surface area (Å²) in [5.74, 6) is 0.236. The molecular weight excluding hydrogens is 214 g/mol. The van der Waals surface area contributed by atoms with Crippen molar-refractivity contribution in [2.45, 2.75) is 45.4 Å². The van der Waals surface area contributed by atoms with E-state index in [-0.39, 0.29) is 12.4 Å². The number of nitrogens with one attached hydrogen (secondary N) is 1. The highest BCUT2D eigenvalue weighted by Crippen LogP contribution is 1.99. The van der Waals surface area contributed by atoms with E-state index < -0.39 is 10.0 Å². The third-order valence-corrected chi connectivity index (χ3v) is 3.64. The van der Waals surface area contributed by atoms with Crippen molar-refractivity contribution in [1.29, 1.82) is 0 Å². The summed E-state index contributed by atoms with van der Waals surface area (Å²) >= 11 is 0. The predicted molar refractivity (Wildman–Crippen MR) is 62.3 cm³/mol. The van der Waals surface area contributed by atoms with Gasteiger partial charge < -0.3 is 5.11 Å².